The van der Waals surface area contributed by atoms with Gasteiger partial charge in [0.1, 0.15) is 5.82 Å². The summed E-state index contributed by atoms with van der Waals surface area (Å²) in [4.78, 5) is 8.95. The zero-order chi connectivity index (χ0) is 13.9. The second kappa shape index (κ2) is 5.17. The fourth-order valence-electron chi connectivity index (χ4n) is 2.06. The van der Waals surface area contributed by atoms with E-state index in [1.54, 1.807) is 0 Å². The van der Waals surface area contributed by atoms with E-state index < -0.39 is 0 Å². The zero-order valence-corrected chi connectivity index (χ0v) is 11.5. The van der Waals surface area contributed by atoms with Crippen LogP contribution in [0.15, 0.2) is 48.5 Å². The Hall–Kier alpha value is -2.62. The molecule has 0 unspecified atom stereocenters. The van der Waals surface area contributed by atoms with Crippen molar-refractivity contribution in [2.75, 3.05) is 17.7 Å². The van der Waals surface area contributed by atoms with Crippen LogP contribution in [0.4, 0.5) is 17.5 Å². The molecular weight excluding hydrogens is 248 g/mol. The van der Waals surface area contributed by atoms with Gasteiger partial charge in [-0.15, -0.1) is 0 Å². The lowest BCUT2D eigenvalue weighted by Crippen LogP contribution is -2.01. The lowest BCUT2D eigenvalue weighted by atomic mass is 10.2. The van der Waals surface area contributed by atoms with Crippen molar-refractivity contribution in [1.82, 2.24) is 9.97 Å². The van der Waals surface area contributed by atoms with Crippen molar-refractivity contribution in [2.45, 2.75) is 6.92 Å². The Balaban J connectivity index is 2.07. The van der Waals surface area contributed by atoms with Crippen LogP contribution in [0.25, 0.3) is 10.9 Å². The van der Waals surface area contributed by atoms with E-state index in [1.807, 2.05) is 43.4 Å². The molecule has 0 aliphatic heterocycles. The van der Waals surface area contributed by atoms with Crippen LogP contribution < -0.4 is 10.6 Å². The Kier molecular flexibility index (Phi) is 3.21. The van der Waals surface area contributed by atoms with E-state index in [-0.39, 0.29) is 0 Å². The molecule has 1 aromatic heterocycles. The monoisotopic (exact) mass is 264 g/mol. The van der Waals surface area contributed by atoms with Crippen molar-refractivity contribution >= 4 is 28.4 Å². The molecule has 1 heterocycles. The highest BCUT2D eigenvalue weighted by Crippen LogP contribution is 2.25. The topological polar surface area (TPSA) is 49.8 Å². The second-order valence-corrected chi connectivity index (χ2v) is 4.65. The van der Waals surface area contributed by atoms with Gasteiger partial charge < -0.3 is 10.6 Å². The number of hydrogen-bond donors (Lipinski definition) is 2. The standard InChI is InChI=1S/C16H16N4/c1-11-7-9-12(10-8-11)18-15-13-5-3-4-6-14(13)19-16(17-2)20-15/h3-10H,1-2H3,(H2,17,18,19,20). The minimum atomic E-state index is 0.610. The summed E-state index contributed by atoms with van der Waals surface area (Å²) in [5.74, 6) is 1.42. The number of rotatable bonds is 3. The molecule has 0 amide bonds. The zero-order valence-electron chi connectivity index (χ0n) is 11.5. The summed E-state index contributed by atoms with van der Waals surface area (Å²) < 4.78 is 0. The largest absolute Gasteiger partial charge is 0.357 e. The Bertz CT molecular complexity index is 735. The first kappa shape index (κ1) is 12.4. The molecule has 0 radical (unpaired) electrons. The SMILES string of the molecule is CNc1nc(Nc2ccc(C)cc2)c2ccccc2n1. The highest BCUT2D eigenvalue weighted by atomic mass is 15.1. The number of hydrogen-bond acceptors (Lipinski definition) is 4. The summed E-state index contributed by atoms with van der Waals surface area (Å²) in [6.07, 6.45) is 0. The summed E-state index contributed by atoms with van der Waals surface area (Å²) in [5, 5.41) is 7.36. The Morgan fingerprint density at radius 1 is 0.900 bits per heavy atom. The predicted molar refractivity (Wildman–Crippen MR) is 83.5 cm³/mol. The van der Waals surface area contributed by atoms with Crippen molar-refractivity contribution in [1.29, 1.82) is 0 Å². The molecule has 0 saturated carbocycles. The Labute approximate surface area is 117 Å². The van der Waals surface area contributed by atoms with E-state index >= 15 is 0 Å². The molecule has 4 nitrogen and oxygen atoms in total. The van der Waals surface area contributed by atoms with Gasteiger partial charge in [-0.05, 0) is 31.2 Å². The summed E-state index contributed by atoms with van der Waals surface area (Å²) in [6.45, 7) is 2.07. The van der Waals surface area contributed by atoms with E-state index in [4.69, 9.17) is 0 Å². The van der Waals surface area contributed by atoms with Gasteiger partial charge in [-0.25, -0.2) is 4.98 Å². The Morgan fingerprint density at radius 3 is 2.40 bits per heavy atom. The molecule has 0 spiro atoms. The highest BCUT2D eigenvalue weighted by molar-refractivity contribution is 5.91. The van der Waals surface area contributed by atoms with E-state index in [1.165, 1.54) is 5.56 Å². The molecule has 3 rings (SSSR count). The first-order valence-corrected chi connectivity index (χ1v) is 6.54. The number of nitrogens with zero attached hydrogens (tertiary/aromatic N) is 2. The summed E-state index contributed by atoms with van der Waals surface area (Å²) in [5.41, 5.74) is 3.17. The molecule has 4 heteroatoms. The fraction of sp³-hybridized carbons (Fsp3) is 0.125. The average molecular weight is 264 g/mol. The maximum absolute atomic E-state index is 4.50. The first-order valence-electron chi connectivity index (χ1n) is 6.54. The smallest absolute Gasteiger partial charge is 0.224 e. The third-order valence-electron chi connectivity index (χ3n) is 3.14. The van der Waals surface area contributed by atoms with Crippen molar-refractivity contribution in [3.63, 3.8) is 0 Å². The van der Waals surface area contributed by atoms with Gasteiger partial charge in [0.2, 0.25) is 5.95 Å². The molecule has 3 aromatic rings. The molecule has 0 bridgehead atoms. The van der Waals surface area contributed by atoms with E-state index in [0.717, 1.165) is 22.4 Å². The van der Waals surface area contributed by atoms with Gasteiger partial charge in [0.05, 0.1) is 5.52 Å². The first-order chi connectivity index (χ1) is 9.76. The second-order valence-electron chi connectivity index (χ2n) is 4.65. The molecule has 0 aliphatic rings. The van der Waals surface area contributed by atoms with Crippen LogP contribution in [0, 0.1) is 6.92 Å². The lowest BCUT2D eigenvalue weighted by molar-refractivity contribution is 1.19. The molecule has 2 aromatic carbocycles. The number of aryl methyl sites for hydroxylation is 1. The molecule has 0 fully saturated rings. The van der Waals surface area contributed by atoms with Crippen LogP contribution in [0.3, 0.4) is 0 Å². The van der Waals surface area contributed by atoms with E-state index in [9.17, 15) is 0 Å². The van der Waals surface area contributed by atoms with Gasteiger partial charge in [-0.2, -0.15) is 4.98 Å². The number of benzene rings is 2. The quantitative estimate of drug-likeness (QED) is 0.757. The number of aromatic nitrogens is 2. The van der Waals surface area contributed by atoms with Crippen molar-refractivity contribution in [2.24, 2.45) is 0 Å². The molecule has 0 aliphatic carbocycles. The van der Waals surface area contributed by atoms with Crippen molar-refractivity contribution in [3.8, 4) is 0 Å². The summed E-state index contributed by atoms with van der Waals surface area (Å²) in [7, 11) is 1.82. The predicted octanol–water partition coefficient (Wildman–Crippen LogP) is 3.72. The minimum Gasteiger partial charge on any atom is -0.357 e. The van der Waals surface area contributed by atoms with Crippen LogP contribution in [-0.2, 0) is 0 Å². The number of nitrogens with one attached hydrogen (secondary N) is 2. The van der Waals surface area contributed by atoms with Crippen LogP contribution in [-0.4, -0.2) is 17.0 Å². The van der Waals surface area contributed by atoms with Gasteiger partial charge in [0.25, 0.3) is 0 Å². The van der Waals surface area contributed by atoms with Crippen LogP contribution in [0.1, 0.15) is 5.56 Å². The van der Waals surface area contributed by atoms with Crippen LogP contribution >= 0.6 is 0 Å². The molecule has 0 atom stereocenters. The van der Waals surface area contributed by atoms with Gasteiger partial charge in [0.15, 0.2) is 0 Å². The number of anilines is 3. The Morgan fingerprint density at radius 2 is 1.65 bits per heavy atom. The van der Waals surface area contributed by atoms with Crippen molar-refractivity contribution < 1.29 is 0 Å². The maximum Gasteiger partial charge on any atom is 0.224 e. The average Bonchev–Trinajstić information content (AvgIpc) is 2.49. The van der Waals surface area contributed by atoms with Crippen molar-refractivity contribution in [3.05, 3.63) is 54.1 Å². The number of fused-ring (bicyclic) bond motifs is 1. The summed E-state index contributed by atoms with van der Waals surface area (Å²) in [6, 6.07) is 16.2. The van der Waals surface area contributed by atoms with Gasteiger partial charge >= 0.3 is 0 Å². The third-order valence-corrected chi connectivity index (χ3v) is 3.14. The van der Waals surface area contributed by atoms with Gasteiger partial charge in [0, 0.05) is 18.1 Å². The highest BCUT2D eigenvalue weighted by Gasteiger charge is 2.06. The van der Waals surface area contributed by atoms with Gasteiger partial charge in [-0.1, -0.05) is 29.8 Å². The van der Waals surface area contributed by atoms with E-state index in [0.29, 0.717) is 5.95 Å². The third kappa shape index (κ3) is 2.40. The molecule has 0 saturated heterocycles. The maximum atomic E-state index is 4.50. The molecule has 2 N–H and O–H groups in total. The fourth-order valence-corrected chi connectivity index (χ4v) is 2.06. The van der Waals surface area contributed by atoms with Crippen LogP contribution in [0.2, 0.25) is 0 Å². The normalized spacial score (nSPS) is 10.5. The van der Waals surface area contributed by atoms with Crippen LogP contribution in [0.5, 0.6) is 0 Å². The molecule has 100 valence electrons. The summed E-state index contributed by atoms with van der Waals surface area (Å²) >= 11 is 0. The van der Waals surface area contributed by atoms with Gasteiger partial charge in [-0.3, -0.25) is 0 Å². The number of para-hydroxylation sites is 1. The molecule has 20 heavy (non-hydrogen) atoms. The van der Waals surface area contributed by atoms with E-state index in [2.05, 4.69) is 39.7 Å². The molecular formula is C16H16N4. The lowest BCUT2D eigenvalue weighted by Gasteiger charge is -2.10. The minimum absolute atomic E-state index is 0.610.